The van der Waals surface area contributed by atoms with E-state index in [2.05, 4.69) is 286 Å². The maximum Gasteiger partial charge on any atom is 0.182 e. The van der Waals surface area contributed by atoms with E-state index in [0.717, 1.165) is 17.1 Å². The largest absolute Gasteiger partial charge is 0.398 e. The van der Waals surface area contributed by atoms with E-state index in [1.807, 2.05) is 12.4 Å². The molecule has 84 heavy (non-hydrogen) atoms. The van der Waals surface area contributed by atoms with E-state index in [4.69, 9.17) is 25.3 Å². The molecule has 430 valence electrons. The Balaban J connectivity index is 0.000000280. The van der Waals surface area contributed by atoms with Crippen LogP contribution in [0.3, 0.4) is 0 Å². The number of aliphatic imine (C=N–C) groups is 2. The second-order valence-electron chi connectivity index (χ2n) is 22.8. The molecule has 0 aliphatic heterocycles. The molecule has 0 aliphatic carbocycles. The molecule has 9 aromatic carbocycles. The first-order chi connectivity index (χ1) is 40.4. The van der Waals surface area contributed by atoms with Crippen molar-refractivity contribution in [3.05, 3.63) is 299 Å². The van der Waals surface area contributed by atoms with Gasteiger partial charge < -0.3 is 5.73 Å². The highest BCUT2D eigenvalue weighted by atomic mass is 16.2. The number of nitrogen functional groups attached to an aromatic ring is 1. The second-order valence-corrected chi connectivity index (χ2v) is 22.8. The molecular weight excluding hydrogens is 1020 g/mol. The Kier molecular flexibility index (Phi) is 21.9. The molecule has 0 aliphatic rings. The number of carbonyl (C=O) groups is 2. The Hall–Kier alpha value is -8.54. The summed E-state index contributed by atoms with van der Waals surface area (Å²) in [6.07, 6.45) is 4.29. The van der Waals surface area contributed by atoms with Gasteiger partial charge in [-0.05, 0) is 179 Å². The zero-order chi connectivity index (χ0) is 60.8. The van der Waals surface area contributed by atoms with Crippen LogP contribution >= 0.6 is 0 Å². The van der Waals surface area contributed by atoms with Crippen LogP contribution in [-0.4, -0.2) is 25.0 Å². The number of carbonyl (C=O) groups excluding carboxylic acids is 2. The molecule has 0 aromatic heterocycles. The number of anilines is 1. The quantitative estimate of drug-likeness (QED) is 0.0453. The molecule has 0 fully saturated rings. The van der Waals surface area contributed by atoms with Crippen molar-refractivity contribution in [3.63, 3.8) is 0 Å². The molecular formula is C79H87N3O2. The van der Waals surface area contributed by atoms with E-state index < -0.39 is 0 Å². The lowest BCUT2D eigenvalue weighted by Gasteiger charge is -2.27. The third kappa shape index (κ3) is 13.8. The van der Waals surface area contributed by atoms with Crippen LogP contribution in [0.4, 0.5) is 17.1 Å². The maximum absolute atomic E-state index is 8.81. The van der Waals surface area contributed by atoms with Gasteiger partial charge in [0.1, 0.15) is 0 Å². The van der Waals surface area contributed by atoms with E-state index in [0.29, 0.717) is 0 Å². The maximum atomic E-state index is 8.81. The zero-order valence-electron chi connectivity index (χ0n) is 52.4. The number of benzene rings is 9. The van der Waals surface area contributed by atoms with Crippen LogP contribution in [0.1, 0.15) is 194 Å². The Labute approximate surface area is 502 Å². The third-order valence-corrected chi connectivity index (χ3v) is 18.3. The summed E-state index contributed by atoms with van der Waals surface area (Å²) in [5.41, 5.74) is 37.2. The summed E-state index contributed by atoms with van der Waals surface area (Å²) in [7, 11) is 0. The van der Waals surface area contributed by atoms with Crippen molar-refractivity contribution in [2.45, 2.75) is 139 Å². The molecule has 0 spiro atoms. The summed E-state index contributed by atoms with van der Waals surface area (Å²) in [5.74, 6) is 1.20. The smallest absolute Gasteiger partial charge is 0.182 e. The predicted molar refractivity (Wildman–Crippen MR) is 359 cm³/mol. The summed E-state index contributed by atoms with van der Waals surface area (Å²) >= 11 is 0. The van der Waals surface area contributed by atoms with Crippen molar-refractivity contribution >= 4 is 42.1 Å². The molecule has 9 rings (SSSR count). The molecule has 9 aromatic rings. The van der Waals surface area contributed by atoms with Gasteiger partial charge in [-0.15, -0.1) is 0 Å². The van der Waals surface area contributed by atoms with Gasteiger partial charge in [0, 0.05) is 53.6 Å². The molecule has 5 heteroatoms. The molecule has 0 saturated carbocycles. The van der Waals surface area contributed by atoms with Crippen LogP contribution in [0.2, 0.25) is 0 Å². The minimum absolute atomic E-state index is 0.162. The van der Waals surface area contributed by atoms with E-state index >= 15 is 0 Å². The van der Waals surface area contributed by atoms with Crippen LogP contribution in [-0.2, 0) is 9.59 Å². The van der Waals surface area contributed by atoms with E-state index in [1.54, 1.807) is 0 Å². The Bertz CT molecular complexity index is 3330. The molecule has 0 amide bonds. The zero-order valence-corrected chi connectivity index (χ0v) is 52.4. The van der Waals surface area contributed by atoms with Gasteiger partial charge in [0.25, 0.3) is 0 Å². The van der Waals surface area contributed by atoms with Crippen molar-refractivity contribution in [2.75, 3.05) is 5.73 Å². The highest BCUT2D eigenvalue weighted by Gasteiger charge is 2.29. The molecule has 2 N–H and O–H groups in total. The summed E-state index contributed by atoms with van der Waals surface area (Å²) in [6, 6.07) is 64.7. The first-order valence-corrected chi connectivity index (χ1v) is 29.8. The van der Waals surface area contributed by atoms with Gasteiger partial charge in [-0.2, -0.15) is 0 Å². The number of aldehydes is 2. The first-order valence-electron chi connectivity index (χ1n) is 29.8. The van der Waals surface area contributed by atoms with Gasteiger partial charge in [-0.1, -0.05) is 224 Å². The average Bonchev–Trinajstić information content (AvgIpc) is 1.21. The van der Waals surface area contributed by atoms with Gasteiger partial charge >= 0.3 is 0 Å². The number of rotatable bonds is 16. The van der Waals surface area contributed by atoms with Crippen molar-refractivity contribution in [3.8, 4) is 0 Å². The molecule has 5 nitrogen and oxygen atoms in total. The van der Waals surface area contributed by atoms with Crippen molar-refractivity contribution in [1.29, 1.82) is 0 Å². The Morgan fingerprint density at radius 1 is 0.274 bits per heavy atom. The SMILES string of the molecule is Cc1c(C)c([C@H](C)c2ccccc2)c(N)c([C@H](C)c2ccccc2)c1C.Cc1c(C)c([C@H](C)c2ccccc2)c(N=CC=Nc2c([C@H](C)c3ccccc3)c(C)c(C)c(C)c2[C@H](C)c2ccccc2)c([C@H](C)c2ccccc2)c1C.O=CC=O. The topological polar surface area (TPSA) is 84.9 Å². The number of nitrogens with two attached hydrogens (primary N) is 1. The highest BCUT2D eigenvalue weighted by molar-refractivity contribution is 6.18. The molecule has 0 bridgehead atoms. The van der Waals surface area contributed by atoms with Gasteiger partial charge in [-0.25, -0.2) is 0 Å². The minimum Gasteiger partial charge on any atom is -0.398 e. The van der Waals surface area contributed by atoms with Crippen LogP contribution in [0, 0.1) is 62.3 Å². The lowest BCUT2D eigenvalue weighted by molar-refractivity contribution is -0.122. The lowest BCUT2D eigenvalue weighted by Crippen LogP contribution is -2.13. The molecule has 6 atom stereocenters. The van der Waals surface area contributed by atoms with Crippen molar-refractivity contribution in [2.24, 2.45) is 9.98 Å². The summed E-state index contributed by atoms with van der Waals surface area (Å²) < 4.78 is 0. The van der Waals surface area contributed by atoms with E-state index in [9.17, 15) is 0 Å². The Morgan fingerprint density at radius 3 is 0.619 bits per heavy atom. The van der Waals surface area contributed by atoms with Gasteiger partial charge in [0.15, 0.2) is 12.6 Å². The fraction of sp³-hybridized carbons (Fsp3) is 0.266. The number of hydrogen-bond donors (Lipinski definition) is 1. The van der Waals surface area contributed by atoms with Gasteiger partial charge in [0.2, 0.25) is 0 Å². The van der Waals surface area contributed by atoms with E-state index in [-0.39, 0.29) is 48.1 Å². The van der Waals surface area contributed by atoms with E-state index in [1.165, 1.54) is 117 Å². The van der Waals surface area contributed by atoms with Crippen LogP contribution < -0.4 is 5.73 Å². The summed E-state index contributed by atoms with van der Waals surface area (Å²) in [5, 5.41) is 0. The highest BCUT2D eigenvalue weighted by Crippen LogP contribution is 2.48. The predicted octanol–water partition coefficient (Wildman–Crippen LogP) is 20.1. The number of hydrogen-bond acceptors (Lipinski definition) is 5. The second kappa shape index (κ2) is 29.1. The average molecular weight is 1110 g/mol. The third-order valence-electron chi connectivity index (χ3n) is 18.3. The fourth-order valence-electron chi connectivity index (χ4n) is 12.8. The van der Waals surface area contributed by atoms with Gasteiger partial charge in [-0.3, -0.25) is 19.6 Å². The van der Waals surface area contributed by atoms with Crippen LogP contribution in [0.5, 0.6) is 0 Å². The minimum atomic E-state index is 0.162. The number of nitrogens with zero attached hydrogens (tertiary/aromatic N) is 2. The molecule has 0 heterocycles. The monoisotopic (exact) mass is 1110 g/mol. The van der Waals surface area contributed by atoms with Crippen LogP contribution in [0.15, 0.2) is 192 Å². The fourth-order valence-corrected chi connectivity index (χ4v) is 12.8. The van der Waals surface area contributed by atoms with Crippen molar-refractivity contribution < 1.29 is 9.59 Å². The van der Waals surface area contributed by atoms with Crippen LogP contribution in [0.25, 0.3) is 0 Å². The molecule has 0 radical (unpaired) electrons. The van der Waals surface area contributed by atoms with Gasteiger partial charge in [0.05, 0.1) is 11.4 Å². The molecule has 0 saturated heterocycles. The summed E-state index contributed by atoms with van der Waals surface area (Å²) in [6.45, 7) is 34.1. The van der Waals surface area contributed by atoms with Crippen molar-refractivity contribution in [1.82, 2.24) is 0 Å². The molecule has 0 unspecified atom stereocenters. The lowest BCUT2D eigenvalue weighted by atomic mass is 9.78. The first kappa shape index (κ1) is 63.0. The Morgan fingerprint density at radius 2 is 0.440 bits per heavy atom. The normalized spacial score (nSPS) is 13.4. The standard InChI is InChI=1S/C52H56N2.C25H29N.C2H2O2/c1-33-35(3)47(39(7)43-23-15-11-16-24-43)51(48(36(33)4)40(8)44-25-17-12-18-26-44)53-31-32-54-52-49(41(9)45-27-19-13-20-28-45)37(5)34(2)38(6)50(52)42(10)46-29-21-14-22-30-46;1-16-17(2)23(19(4)21-12-8-6-9-13-21)25(26)24(18(16)3)20(5)22-14-10-7-11-15-22;3-1-2-4/h11-32,39-42H,1-10H3;6-15,19-20H,26H2,1-5H3;1-2H/t39-,40-,41-,42-;19-,20-;/m11./s1. The summed E-state index contributed by atoms with van der Waals surface area (Å²) in [4.78, 5) is 28.5.